The Labute approximate surface area is 179 Å². The van der Waals surface area contributed by atoms with Crippen molar-refractivity contribution in [2.24, 2.45) is 4.99 Å². The Balaban J connectivity index is 1.73. The molecule has 1 aliphatic rings. The molecule has 1 aliphatic heterocycles. The third kappa shape index (κ3) is 4.53. The molecule has 3 rings (SSSR count). The van der Waals surface area contributed by atoms with Gasteiger partial charge in [0.05, 0.1) is 13.4 Å². The van der Waals surface area contributed by atoms with Gasteiger partial charge in [-0.1, -0.05) is 18.2 Å². The Morgan fingerprint density at radius 1 is 1.32 bits per heavy atom. The second-order valence-corrected chi connectivity index (χ2v) is 8.06. The van der Waals surface area contributed by atoms with Crippen LogP contribution in [0.25, 0.3) is 6.08 Å². The zero-order valence-electron chi connectivity index (χ0n) is 15.1. The number of likely N-dealkylation sites (N-methyl/N-ethyl adjacent to an activating group) is 1. The first-order valence-electron chi connectivity index (χ1n) is 8.19. The van der Waals surface area contributed by atoms with Crippen molar-refractivity contribution in [3.63, 3.8) is 0 Å². The van der Waals surface area contributed by atoms with Crippen molar-refractivity contribution in [1.29, 1.82) is 0 Å². The van der Waals surface area contributed by atoms with Crippen LogP contribution in [0.15, 0.2) is 52.4 Å². The molecule has 0 unspecified atom stereocenters. The molecule has 0 bridgehead atoms. The molecule has 2 aromatic rings. The van der Waals surface area contributed by atoms with Crippen molar-refractivity contribution in [3.8, 4) is 5.75 Å². The average molecular weight is 509 g/mol. The lowest BCUT2D eigenvalue weighted by atomic mass is 10.2. The third-order valence-electron chi connectivity index (χ3n) is 3.96. The van der Waals surface area contributed by atoms with Crippen LogP contribution in [0.1, 0.15) is 11.1 Å². The molecular formula is C19H16IN3O4S. The second-order valence-electron chi connectivity index (χ2n) is 5.89. The molecule has 0 aliphatic carbocycles. The number of amides is 1. The lowest BCUT2D eigenvalue weighted by Gasteiger charge is -2.09. The maximum Gasteiger partial charge on any atom is 0.269 e. The average Bonchev–Trinajstić information content (AvgIpc) is 2.95. The number of hydrogen-bond acceptors (Lipinski definition) is 6. The highest BCUT2D eigenvalue weighted by atomic mass is 127. The van der Waals surface area contributed by atoms with Crippen LogP contribution in [-0.4, -0.2) is 35.0 Å². The van der Waals surface area contributed by atoms with E-state index >= 15 is 0 Å². The highest BCUT2D eigenvalue weighted by Gasteiger charge is 2.29. The minimum Gasteiger partial charge on any atom is -0.488 e. The Kier molecular flexibility index (Phi) is 6.35. The number of non-ortho nitro benzene ring substituents is 1. The lowest BCUT2D eigenvalue weighted by Crippen LogP contribution is -2.23. The molecule has 1 amide bonds. The first-order valence-corrected chi connectivity index (χ1v) is 10.1. The molecule has 0 aromatic heterocycles. The van der Waals surface area contributed by atoms with E-state index < -0.39 is 4.92 Å². The van der Waals surface area contributed by atoms with Crippen LogP contribution in [0.2, 0.25) is 0 Å². The summed E-state index contributed by atoms with van der Waals surface area (Å²) >= 11 is 3.51. The minimum atomic E-state index is -0.427. The van der Waals surface area contributed by atoms with Crippen LogP contribution >= 0.6 is 34.4 Å². The summed E-state index contributed by atoms with van der Waals surface area (Å²) < 4.78 is 6.69. The van der Waals surface area contributed by atoms with E-state index in [1.807, 2.05) is 24.3 Å². The van der Waals surface area contributed by atoms with Crippen molar-refractivity contribution < 1.29 is 14.5 Å². The number of thioether (sulfide) groups is 1. The number of amidine groups is 1. The van der Waals surface area contributed by atoms with Crippen LogP contribution in [0, 0.1) is 13.7 Å². The molecule has 0 radical (unpaired) electrons. The van der Waals surface area contributed by atoms with Crippen molar-refractivity contribution in [1.82, 2.24) is 4.90 Å². The monoisotopic (exact) mass is 509 g/mol. The predicted molar refractivity (Wildman–Crippen MR) is 118 cm³/mol. The van der Waals surface area contributed by atoms with Gasteiger partial charge in [-0.15, -0.1) is 0 Å². The lowest BCUT2D eigenvalue weighted by molar-refractivity contribution is -0.384. The number of halogens is 1. The number of ether oxygens (including phenoxy) is 1. The predicted octanol–water partition coefficient (Wildman–Crippen LogP) is 4.31. The first-order chi connectivity index (χ1) is 13.4. The molecule has 1 heterocycles. The fraction of sp³-hybridized carbons (Fsp3) is 0.158. The molecular weight excluding hydrogens is 493 g/mol. The minimum absolute atomic E-state index is 0.0384. The van der Waals surface area contributed by atoms with Crippen molar-refractivity contribution in [2.45, 2.75) is 6.61 Å². The number of nitro benzene ring substituents is 1. The fourth-order valence-corrected chi connectivity index (χ4v) is 4.17. The largest absolute Gasteiger partial charge is 0.488 e. The molecule has 0 saturated carbocycles. The van der Waals surface area contributed by atoms with Gasteiger partial charge in [-0.2, -0.15) is 0 Å². The number of nitro groups is 1. The maximum absolute atomic E-state index is 12.2. The molecule has 1 fully saturated rings. The van der Waals surface area contributed by atoms with Gasteiger partial charge in [-0.05, 0) is 63.7 Å². The van der Waals surface area contributed by atoms with Gasteiger partial charge < -0.3 is 4.74 Å². The molecule has 7 nitrogen and oxygen atoms in total. The molecule has 0 spiro atoms. The number of hydrogen-bond donors (Lipinski definition) is 0. The molecule has 0 atom stereocenters. The zero-order chi connectivity index (χ0) is 20.3. The quantitative estimate of drug-likeness (QED) is 0.260. The Morgan fingerprint density at radius 2 is 2.11 bits per heavy atom. The summed E-state index contributed by atoms with van der Waals surface area (Å²) in [7, 11) is 3.36. The van der Waals surface area contributed by atoms with E-state index in [1.54, 1.807) is 26.2 Å². The summed E-state index contributed by atoms with van der Waals surface area (Å²) in [5.74, 6) is 0.596. The van der Waals surface area contributed by atoms with Gasteiger partial charge in [-0.3, -0.25) is 24.8 Å². The van der Waals surface area contributed by atoms with Crippen LogP contribution in [0.3, 0.4) is 0 Å². The van der Waals surface area contributed by atoms with Gasteiger partial charge in [0.1, 0.15) is 12.4 Å². The highest BCUT2D eigenvalue weighted by Crippen LogP contribution is 2.32. The third-order valence-corrected chi connectivity index (χ3v) is 5.96. The number of aliphatic imine (C=N–C) groups is 1. The number of carbonyl (C=O) groups excluding carboxylic acids is 1. The summed E-state index contributed by atoms with van der Waals surface area (Å²) in [6.07, 6.45) is 1.83. The molecule has 0 N–H and O–H groups in total. The smallest absolute Gasteiger partial charge is 0.269 e. The van der Waals surface area contributed by atoms with Crippen LogP contribution in [0.5, 0.6) is 5.75 Å². The molecule has 2 aromatic carbocycles. The van der Waals surface area contributed by atoms with Gasteiger partial charge in [0.25, 0.3) is 11.6 Å². The summed E-state index contributed by atoms with van der Waals surface area (Å²) in [6.45, 7) is 0.230. The number of rotatable bonds is 5. The first kappa shape index (κ1) is 20.3. The van der Waals surface area contributed by atoms with Gasteiger partial charge in [-0.25, -0.2) is 0 Å². The number of nitrogens with zero attached hydrogens (tertiary/aromatic N) is 3. The van der Waals surface area contributed by atoms with Gasteiger partial charge in [0.2, 0.25) is 0 Å². The topological polar surface area (TPSA) is 85.0 Å². The highest BCUT2D eigenvalue weighted by molar-refractivity contribution is 14.1. The summed E-state index contributed by atoms with van der Waals surface area (Å²) in [5.41, 5.74) is 1.64. The number of benzene rings is 2. The Morgan fingerprint density at radius 3 is 2.75 bits per heavy atom. The van der Waals surface area contributed by atoms with E-state index in [-0.39, 0.29) is 18.2 Å². The van der Waals surface area contributed by atoms with Gasteiger partial charge in [0.15, 0.2) is 5.17 Å². The molecule has 1 saturated heterocycles. The summed E-state index contributed by atoms with van der Waals surface area (Å²) in [4.78, 5) is 28.9. The zero-order valence-corrected chi connectivity index (χ0v) is 18.1. The van der Waals surface area contributed by atoms with Crippen LogP contribution in [-0.2, 0) is 11.4 Å². The number of carbonyl (C=O) groups is 1. The van der Waals surface area contributed by atoms with E-state index in [0.717, 1.165) is 14.7 Å². The summed E-state index contributed by atoms with van der Waals surface area (Å²) in [6, 6.07) is 12.0. The van der Waals surface area contributed by atoms with Crippen molar-refractivity contribution in [3.05, 3.63) is 72.2 Å². The maximum atomic E-state index is 12.2. The Bertz CT molecular complexity index is 1010. The fourth-order valence-electron chi connectivity index (χ4n) is 2.55. The van der Waals surface area contributed by atoms with E-state index in [0.29, 0.717) is 15.8 Å². The van der Waals surface area contributed by atoms with E-state index in [9.17, 15) is 14.9 Å². The van der Waals surface area contributed by atoms with Gasteiger partial charge in [0, 0.05) is 26.2 Å². The van der Waals surface area contributed by atoms with Crippen LogP contribution < -0.4 is 4.74 Å². The normalized spacial score (nSPS) is 16.8. The Hall–Kier alpha value is -2.40. The summed E-state index contributed by atoms with van der Waals surface area (Å²) in [5, 5.41) is 11.5. The van der Waals surface area contributed by atoms with Crippen molar-refractivity contribution >= 4 is 57.2 Å². The SMILES string of the molecule is CN=C1S/C(=C\c2ccc(OCc3cccc([N+](=O)[O-])c3)c(I)c2)C(=O)N1C. The molecule has 144 valence electrons. The van der Waals surface area contributed by atoms with Crippen LogP contribution in [0.4, 0.5) is 5.69 Å². The van der Waals surface area contributed by atoms with Gasteiger partial charge >= 0.3 is 0 Å². The van der Waals surface area contributed by atoms with E-state index in [2.05, 4.69) is 27.6 Å². The van der Waals surface area contributed by atoms with Crippen molar-refractivity contribution in [2.75, 3.05) is 14.1 Å². The van der Waals surface area contributed by atoms with E-state index in [4.69, 9.17) is 4.74 Å². The molecule has 28 heavy (non-hydrogen) atoms. The second kappa shape index (κ2) is 8.74. The standard InChI is InChI=1S/C19H16IN3O4S/c1-21-19-22(2)18(24)17(28-19)10-12-6-7-16(15(20)9-12)27-11-13-4-3-5-14(8-13)23(25)26/h3-10H,11H2,1-2H3/b17-10-,21-19?. The van der Waals surface area contributed by atoms with E-state index in [1.165, 1.54) is 28.8 Å². The molecule has 9 heteroatoms.